The Morgan fingerprint density at radius 2 is 1.96 bits per heavy atom. The maximum atomic E-state index is 12.4. The Balaban J connectivity index is 1.83. The average Bonchev–Trinajstić information content (AvgIpc) is 3.07. The number of carbonyl (C=O) groups is 1. The van der Waals surface area contributed by atoms with Crippen molar-refractivity contribution in [3.63, 3.8) is 0 Å². The molecule has 1 aromatic heterocycles. The van der Waals surface area contributed by atoms with Gasteiger partial charge in [-0.25, -0.2) is 0 Å². The highest BCUT2D eigenvalue weighted by molar-refractivity contribution is 14.1. The molecule has 8 heteroatoms. The molecule has 6 nitrogen and oxygen atoms in total. The van der Waals surface area contributed by atoms with Gasteiger partial charge in [-0.2, -0.15) is 0 Å². The van der Waals surface area contributed by atoms with E-state index in [9.17, 15) is 14.9 Å². The molecule has 0 aliphatic carbocycles. The second kappa shape index (κ2) is 7.46. The average molecular weight is 483 g/mol. The third-order valence-corrected chi connectivity index (χ3v) is 4.68. The van der Waals surface area contributed by atoms with E-state index in [1.165, 1.54) is 12.1 Å². The van der Waals surface area contributed by atoms with Crippen LogP contribution in [0.3, 0.4) is 0 Å². The van der Waals surface area contributed by atoms with Crippen molar-refractivity contribution in [3.05, 3.63) is 78.6 Å². The molecule has 1 heterocycles. The van der Waals surface area contributed by atoms with Crippen LogP contribution in [0.15, 0.2) is 52.9 Å². The number of hydrogen-bond acceptors (Lipinski definition) is 4. The number of furan rings is 1. The van der Waals surface area contributed by atoms with E-state index in [4.69, 9.17) is 16.0 Å². The van der Waals surface area contributed by atoms with Crippen molar-refractivity contribution in [2.45, 2.75) is 6.92 Å². The maximum Gasteiger partial charge on any atom is 0.291 e. The molecule has 3 rings (SSSR count). The van der Waals surface area contributed by atoms with Crippen LogP contribution < -0.4 is 5.32 Å². The van der Waals surface area contributed by atoms with E-state index in [2.05, 4.69) is 27.9 Å². The van der Waals surface area contributed by atoms with Gasteiger partial charge in [-0.15, -0.1) is 0 Å². The van der Waals surface area contributed by atoms with E-state index >= 15 is 0 Å². The number of benzene rings is 2. The summed E-state index contributed by atoms with van der Waals surface area (Å²) in [6, 6.07) is 12.9. The molecular formula is C18H12ClIN2O4. The van der Waals surface area contributed by atoms with E-state index in [1.54, 1.807) is 37.3 Å². The van der Waals surface area contributed by atoms with Crippen LogP contribution in [0.25, 0.3) is 11.3 Å². The molecule has 132 valence electrons. The van der Waals surface area contributed by atoms with Crippen molar-refractivity contribution in [3.8, 4) is 11.3 Å². The molecule has 2 aromatic carbocycles. The number of amides is 1. The number of halogens is 2. The molecule has 3 aromatic rings. The fourth-order valence-corrected chi connectivity index (χ4v) is 3.32. The Labute approximate surface area is 167 Å². The standard InChI is InChI=1S/C18H12ClIN2O4/c1-10-8-12(22(24)25)3-4-13(10)16-6-7-17(26-16)18(23)21-15-5-2-11(20)9-14(15)19/h2-9H,1H3,(H,21,23). The van der Waals surface area contributed by atoms with Gasteiger partial charge in [0.25, 0.3) is 11.6 Å². The number of nitro groups is 1. The van der Waals surface area contributed by atoms with Crippen LogP contribution >= 0.6 is 34.2 Å². The lowest BCUT2D eigenvalue weighted by atomic mass is 10.1. The zero-order valence-corrected chi connectivity index (χ0v) is 16.4. The topological polar surface area (TPSA) is 85.4 Å². The number of carbonyl (C=O) groups excluding carboxylic acids is 1. The van der Waals surface area contributed by atoms with Gasteiger partial charge in [-0.1, -0.05) is 11.6 Å². The zero-order chi connectivity index (χ0) is 18.8. The van der Waals surface area contributed by atoms with E-state index < -0.39 is 10.8 Å². The summed E-state index contributed by atoms with van der Waals surface area (Å²) in [5, 5.41) is 14.0. The predicted octanol–water partition coefficient (Wildman–Crippen LogP) is 5.67. The van der Waals surface area contributed by atoms with Crippen LogP contribution in [0, 0.1) is 20.6 Å². The predicted molar refractivity (Wildman–Crippen MR) is 108 cm³/mol. The number of anilines is 1. The summed E-state index contributed by atoms with van der Waals surface area (Å²) in [6.45, 7) is 1.75. The summed E-state index contributed by atoms with van der Waals surface area (Å²) in [4.78, 5) is 22.7. The lowest BCUT2D eigenvalue weighted by Gasteiger charge is -2.06. The number of non-ortho nitro benzene ring substituents is 1. The van der Waals surface area contributed by atoms with Gasteiger partial charge in [0, 0.05) is 21.3 Å². The number of nitro benzene ring substituents is 1. The summed E-state index contributed by atoms with van der Waals surface area (Å²) in [5.74, 6) is 0.141. The molecule has 1 N–H and O–H groups in total. The van der Waals surface area contributed by atoms with Crippen LogP contribution in [0.2, 0.25) is 5.02 Å². The summed E-state index contributed by atoms with van der Waals surface area (Å²) in [6.07, 6.45) is 0. The Morgan fingerprint density at radius 3 is 2.62 bits per heavy atom. The first-order chi connectivity index (χ1) is 12.3. The fraction of sp³-hybridized carbons (Fsp3) is 0.0556. The molecule has 0 saturated heterocycles. The molecular weight excluding hydrogens is 471 g/mol. The summed E-state index contributed by atoms with van der Waals surface area (Å²) >= 11 is 8.25. The van der Waals surface area contributed by atoms with Crippen molar-refractivity contribution >= 4 is 51.5 Å². The number of nitrogens with zero attached hydrogens (tertiary/aromatic N) is 1. The lowest BCUT2D eigenvalue weighted by Crippen LogP contribution is -2.11. The zero-order valence-electron chi connectivity index (χ0n) is 13.5. The number of aryl methyl sites for hydroxylation is 1. The third kappa shape index (κ3) is 3.88. The minimum Gasteiger partial charge on any atom is -0.451 e. The molecule has 0 unspecified atom stereocenters. The number of rotatable bonds is 4. The molecule has 0 radical (unpaired) electrons. The van der Waals surface area contributed by atoms with Gasteiger partial charge in [0.15, 0.2) is 5.76 Å². The third-order valence-electron chi connectivity index (χ3n) is 3.70. The highest BCUT2D eigenvalue weighted by atomic mass is 127. The van der Waals surface area contributed by atoms with Gasteiger partial charge in [-0.3, -0.25) is 14.9 Å². The van der Waals surface area contributed by atoms with Crippen LogP contribution in [0.4, 0.5) is 11.4 Å². The van der Waals surface area contributed by atoms with E-state index in [0.717, 1.165) is 3.57 Å². The van der Waals surface area contributed by atoms with Gasteiger partial charge in [0.1, 0.15) is 5.76 Å². The van der Waals surface area contributed by atoms with Crippen LogP contribution in [-0.4, -0.2) is 10.8 Å². The normalized spacial score (nSPS) is 10.6. The second-order valence-corrected chi connectivity index (χ2v) is 7.15. The monoisotopic (exact) mass is 482 g/mol. The fourth-order valence-electron chi connectivity index (χ4n) is 2.42. The first-order valence-electron chi connectivity index (χ1n) is 7.47. The number of nitrogens with one attached hydrogen (secondary N) is 1. The van der Waals surface area contributed by atoms with Crippen molar-refractivity contribution in [1.82, 2.24) is 0 Å². The van der Waals surface area contributed by atoms with Gasteiger partial charge < -0.3 is 9.73 Å². The molecule has 1 amide bonds. The molecule has 0 aliphatic heterocycles. The first kappa shape index (κ1) is 18.4. The Kier molecular flexibility index (Phi) is 5.28. The smallest absolute Gasteiger partial charge is 0.291 e. The molecule has 26 heavy (non-hydrogen) atoms. The molecule has 0 aliphatic rings. The lowest BCUT2D eigenvalue weighted by molar-refractivity contribution is -0.384. The quantitative estimate of drug-likeness (QED) is 0.295. The minimum atomic E-state index is -0.456. The van der Waals surface area contributed by atoms with Crippen molar-refractivity contribution in [2.75, 3.05) is 5.32 Å². The van der Waals surface area contributed by atoms with E-state index in [1.807, 2.05) is 6.07 Å². The van der Waals surface area contributed by atoms with Crippen LogP contribution in [0.1, 0.15) is 16.1 Å². The summed E-state index contributed by atoms with van der Waals surface area (Å²) < 4.78 is 6.58. The summed E-state index contributed by atoms with van der Waals surface area (Å²) in [7, 11) is 0. The van der Waals surface area contributed by atoms with Crippen LogP contribution in [0.5, 0.6) is 0 Å². The largest absolute Gasteiger partial charge is 0.451 e. The molecule has 0 bridgehead atoms. The van der Waals surface area contributed by atoms with Crippen molar-refractivity contribution in [2.24, 2.45) is 0 Å². The maximum absolute atomic E-state index is 12.4. The Morgan fingerprint density at radius 1 is 1.19 bits per heavy atom. The summed E-state index contributed by atoms with van der Waals surface area (Å²) in [5.41, 5.74) is 1.86. The highest BCUT2D eigenvalue weighted by Gasteiger charge is 2.16. The van der Waals surface area contributed by atoms with Crippen molar-refractivity contribution in [1.29, 1.82) is 0 Å². The van der Waals surface area contributed by atoms with Crippen molar-refractivity contribution < 1.29 is 14.1 Å². The Bertz CT molecular complexity index is 1020. The Hall–Kier alpha value is -2.39. The van der Waals surface area contributed by atoms with Gasteiger partial charge in [0.2, 0.25) is 0 Å². The van der Waals surface area contributed by atoms with E-state index in [-0.39, 0.29) is 11.4 Å². The van der Waals surface area contributed by atoms with Crippen LogP contribution in [-0.2, 0) is 0 Å². The molecule has 0 fully saturated rings. The van der Waals surface area contributed by atoms with Gasteiger partial charge >= 0.3 is 0 Å². The SMILES string of the molecule is Cc1cc([N+](=O)[O-])ccc1-c1ccc(C(=O)Nc2ccc(I)cc2Cl)o1. The van der Waals surface area contributed by atoms with Gasteiger partial charge in [0.05, 0.1) is 15.6 Å². The molecule has 0 spiro atoms. The van der Waals surface area contributed by atoms with E-state index in [0.29, 0.717) is 27.6 Å². The van der Waals surface area contributed by atoms with Gasteiger partial charge in [-0.05, 0) is 71.5 Å². The highest BCUT2D eigenvalue weighted by Crippen LogP contribution is 2.29. The molecule has 0 saturated carbocycles. The first-order valence-corrected chi connectivity index (χ1v) is 8.92. The number of hydrogen-bond donors (Lipinski definition) is 1. The minimum absolute atomic E-state index is 0.00382. The second-order valence-electron chi connectivity index (χ2n) is 5.50. The molecule has 0 atom stereocenters.